The number of hydrogen-bond acceptors (Lipinski definition) is 3. The molecule has 26 heavy (non-hydrogen) atoms. The molecule has 3 aromatic carbocycles. The number of hydrogen-bond donors (Lipinski definition) is 3. The maximum Gasteiger partial charge on any atom is 0.121 e. The standard InChI is InChI=1S/C23H26N2O/c24-22(26)23(16-19-10-4-1-5-11-19,17-20-12-6-2-7-13-20)25-18-21-14-8-3-9-15-21/h1-15,22,25-26H,16-18,24H2. The summed E-state index contributed by atoms with van der Waals surface area (Å²) in [5, 5.41) is 14.1. The second-order valence-corrected chi connectivity index (χ2v) is 6.76. The first-order valence-electron chi connectivity index (χ1n) is 8.98. The molecule has 0 bridgehead atoms. The molecule has 3 rings (SSSR count). The Morgan fingerprint density at radius 2 is 1.08 bits per heavy atom. The lowest BCUT2D eigenvalue weighted by Gasteiger charge is -2.38. The number of aliphatic hydroxyl groups excluding tert-OH is 1. The van der Waals surface area contributed by atoms with Crippen LogP contribution in [-0.4, -0.2) is 16.9 Å². The van der Waals surface area contributed by atoms with Gasteiger partial charge in [-0.05, 0) is 29.5 Å². The Kier molecular flexibility index (Phi) is 6.18. The maximum atomic E-state index is 10.6. The molecule has 1 unspecified atom stereocenters. The molecule has 0 saturated heterocycles. The quantitative estimate of drug-likeness (QED) is 0.549. The molecule has 0 aliphatic rings. The summed E-state index contributed by atoms with van der Waals surface area (Å²) in [4.78, 5) is 0. The molecule has 0 aliphatic heterocycles. The molecule has 134 valence electrons. The highest BCUT2D eigenvalue weighted by atomic mass is 16.3. The predicted octanol–water partition coefficient (Wildman–Crippen LogP) is 3.28. The zero-order valence-corrected chi connectivity index (χ0v) is 14.9. The lowest BCUT2D eigenvalue weighted by atomic mass is 9.82. The predicted molar refractivity (Wildman–Crippen MR) is 106 cm³/mol. The highest BCUT2D eigenvalue weighted by molar-refractivity contribution is 5.24. The first-order valence-corrected chi connectivity index (χ1v) is 8.98. The van der Waals surface area contributed by atoms with Crippen molar-refractivity contribution in [3.05, 3.63) is 108 Å². The van der Waals surface area contributed by atoms with Crippen LogP contribution in [-0.2, 0) is 19.4 Å². The summed E-state index contributed by atoms with van der Waals surface area (Å²) in [6.07, 6.45) is 0.298. The second kappa shape index (κ2) is 8.77. The summed E-state index contributed by atoms with van der Waals surface area (Å²) < 4.78 is 0. The summed E-state index contributed by atoms with van der Waals surface area (Å²) in [7, 11) is 0. The van der Waals surface area contributed by atoms with E-state index in [-0.39, 0.29) is 0 Å². The summed E-state index contributed by atoms with van der Waals surface area (Å²) in [6.45, 7) is 0.648. The number of benzene rings is 3. The average molecular weight is 346 g/mol. The van der Waals surface area contributed by atoms with Gasteiger partial charge < -0.3 is 16.2 Å². The monoisotopic (exact) mass is 346 g/mol. The van der Waals surface area contributed by atoms with E-state index in [1.165, 1.54) is 5.56 Å². The molecule has 0 amide bonds. The normalized spacial score (nSPS) is 12.7. The number of aliphatic hydroxyl groups is 1. The van der Waals surface area contributed by atoms with Crippen LogP contribution in [0.3, 0.4) is 0 Å². The third-order valence-electron chi connectivity index (χ3n) is 4.78. The molecule has 3 aromatic rings. The molecule has 0 fully saturated rings. The molecule has 0 saturated carbocycles. The van der Waals surface area contributed by atoms with Crippen LogP contribution >= 0.6 is 0 Å². The van der Waals surface area contributed by atoms with Gasteiger partial charge in [0.15, 0.2) is 0 Å². The van der Waals surface area contributed by atoms with Crippen molar-refractivity contribution >= 4 is 0 Å². The Morgan fingerprint density at radius 1 is 0.692 bits per heavy atom. The maximum absolute atomic E-state index is 10.6. The van der Waals surface area contributed by atoms with Gasteiger partial charge in [-0.25, -0.2) is 0 Å². The van der Waals surface area contributed by atoms with Gasteiger partial charge in [-0.1, -0.05) is 91.0 Å². The van der Waals surface area contributed by atoms with Crippen LogP contribution in [0.4, 0.5) is 0 Å². The van der Waals surface area contributed by atoms with Gasteiger partial charge in [0.05, 0.1) is 5.54 Å². The fraction of sp³-hybridized carbons (Fsp3) is 0.217. The Balaban J connectivity index is 1.88. The molecule has 0 heterocycles. The molecular weight excluding hydrogens is 320 g/mol. The summed E-state index contributed by atoms with van der Waals surface area (Å²) in [6, 6.07) is 30.6. The molecule has 0 radical (unpaired) electrons. The Labute approximate surface area is 155 Å². The van der Waals surface area contributed by atoms with Crippen LogP contribution in [0, 0.1) is 0 Å². The van der Waals surface area contributed by atoms with Crippen molar-refractivity contribution in [2.75, 3.05) is 0 Å². The Bertz CT molecular complexity index is 732. The van der Waals surface area contributed by atoms with Crippen LogP contribution in [0.15, 0.2) is 91.0 Å². The molecule has 3 heteroatoms. The molecule has 1 atom stereocenters. The fourth-order valence-corrected chi connectivity index (χ4v) is 3.30. The van der Waals surface area contributed by atoms with Crippen molar-refractivity contribution in [2.45, 2.75) is 31.2 Å². The third-order valence-corrected chi connectivity index (χ3v) is 4.78. The van der Waals surface area contributed by atoms with Crippen molar-refractivity contribution in [3.63, 3.8) is 0 Å². The summed E-state index contributed by atoms with van der Waals surface area (Å²) in [5.41, 5.74) is 8.93. The van der Waals surface area contributed by atoms with Crippen LogP contribution in [0.2, 0.25) is 0 Å². The minimum absolute atomic E-state index is 0.646. The van der Waals surface area contributed by atoms with Gasteiger partial charge >= 0.3 is 0 Å². The molecule has 0 aromatic heterocycles. The van der Waals surface area contributed by atoms with Crippen molar-refractivity contribution in [2.24, 2.45) is 5.73 Å². The van der Waals surface area contributed by atoms with Crippen molar-refractivity contribution in [3.8, 4) is 0 Å². The van der Waals surface area contributed by atoms with E-state index in [0.29, 0.717) is 19.4 Å². The van der Waals surface area contributed by atoms with E-state index < -0.39 is 11.8 Å². The van der Waals surface area contributed by atoms with Crippen LogP contribution in [0.25, 0.3) is 0 Å². The van der Waals surface area contributed by atoms with E-state index >= 15 is 0 Å². The zero-order valence-electron chi connectivity index (χ0n) is 14.9. The minimum atomic E-state index is -0.994. The van der Waals surface area contributed by atoms with E-state index in [9.17, 15) is 5.11 Å². The third kappa shape index (κ3) is 4.79. The average Bonchev–Trinajstić information content (AvgIpc) is 2.68. The van der Waals surface area contributed by atoms with Gasteiger partial charge in [0.25, 0.3) is 0 Å². The fourth-order valence-electron chi connectivity index (χ4n) is 3.30. The topological polar surface area (TPSA) is 58.3 Å². The summed E-state index contributed by atoms with van der Waals surface area (Å²) in [5.74, 6) is 0. The molecule has 0 spiro atoms. The number of rotatable bonds is 8. The number of nitrogens with one attached hydrogen (secondary N) is 1. The SMILES string of the molecule is NC(O)C(Cc1ccccc1)(Cc1ccccc1)NCc1ccccc1. The minimum Gasteiger partial charge on any atom is -0.377 e. The zero-order chi connectivity index (χ0) is 18.2. The van der Waals surface area contributed by atoms with E-state index in [2.05, 4.69) is 41.7 Å². The Morgan fingerprint density at radius 3 is 1.46 bits per heavy atom. The smallest absolute Gasteiger partial charge is 0.121 e. The van der Waals surface area contributed by atoms with Gasteiger partial charge in [-0.3, -0.25) is 0 Å². The lowest BCUT2D eigenvalue weighted by molar-refractivity contribution is 0.0617. The van der Waals surface area contributed by atoms with Crippen LogP contribution in [0.5, 0.6) is 0 Å². The van der Waals surface area contributed by atoms with Crippen molar-refractivity contribution in [1.29, 1.82) is 0 Å². The van der Waals surface area contributed by atoms with Gasteiger partial charge in [0, 0.05) is 6.54 Å². The molecule has 3 nitrogen and oxygen atoms in total. The van der Waals surface area contributed by atoms with E-state index in [4.69, 9.17) is 5.73 Å². The first kappa shape index (κ1) is 18.3. The van der Waals surface area contributed by atoms with Gasteiger partial charge in [0.2, 0.25) is 0 Å². The highest BCUT2D eigenvalue weighted by Crippen LogP contribution is 2.22. The van der Waals surface area contributed by atoms with E-state index in [1.807, 2.05) is 54.6 Å². The molecule has 0 aliphatic carbocycles. The van der Waals surface area contributed by atoms with Gasteiger partial charge in [-0.15, -0.1) is 0 Å². The molecular formula is C23H26N2O. The number of nitrogens with two attached hydrogens (primary N) is 1. The van der Waals surface area contributed by atoms with E-state index in [1.54, 1.807) is 0 Å². The molecule has 4 N–H and O–H groups in total. The van der Waals surface area contributed by atoms with Crippen molar-refractivity contribution in [1.82, 2.24) is 5.32 Å². The van der Waals surface area contributed by atoms with Crippen molar-refractivity contribution < 1.29 is 5.11 Å². The van der Waals surface area contributed by atoms with Crippen LogP contribution < -0.4 is 11.1 Å². The lowest BCUT2D eigenvalue weighted by Crippen LogP contribution is -2.61. The first-order chi connectivity index (χ1) is 12.7. The Hall–Kier alpha value is -2.46. The highest BCUT2D eigenvalue weighted by Gasteiger charge is 2.36. The van der Waals surface area contributed by atoms with Gasteiger partial charge in [0.1, 0.15) is 6.23 Å². The van der Waals surface area contributed by atoms with Gasteiger partial charge in [-0.2, -0.15) is 0 Å². The van der Waals surface area contributed by atoms with Crippen LogP contribution in [0.1, 0.15) is 16.7 Å². The van der Waals surface area contributed by atoms with E-state index in [0.717, 1.165) is 11.1 Å². The second-order valence-electron chi connectivity index (χ2n) is 6.76. The summed E-state index contributed by atoms with van der Waals surface area (Å²) >= 11 is 0. The largest absolute Gasteiger partial charge is 0.377 e.